The topological polar surface area (TPSA) is 333 Å². The van der Waals surface area contributed by atoms with Crippen LogP contribution < -0.4 is 0 Å². The predicted molar refractivity (Wildman–Crippen MR) is 140 cm³/mol. The smallest absolute Gasteiger partial charge is 0.338 e. The molecule has 45 heavy (non-hydrogen) atoms. The Morgan fingerprint density at radius 3 is 1.38 bits per heavy atom. The minimum absolute atomic E-state index is 0.438. The largest absolute Gasteiger partial charge is 0.504 e. The van der Waals surface area contributed by atoms with Crippen molar-refractivity contribution >= 4 is 17.5 Å². The van der Waals surface area contributed by atoms with Crippen molar-refractivity contribution in [1.82, 2.24) is 0 Å². The molecule has 0 spiro atoms. The zero-order chi connectivity index (χ0) is 33.8. The number of aliphatic hydroxyl groups is 4. The van der Waals surface area contributed by atoms with Gasteiger partial charge in [-0.25, -0.2) is 4.79 Å². The average molecular weight is 636 g/mol. The predicted octanol–water partition coefficient (Wildman–Crippen LogP) is -1.50. The van der Waals surface area contributed by atoms with E-state index >= 15 is 0 Å². The molecule has 240 valence electrons. The van der Waals surface area contributed by atoms with E-state index < -0.39 is 122 Å². The Kier molecular flexibility index (Phi) is 8.05. The lowest BCUT2D eigenvalue weighted by Gasteiger charge is -2.51. The molecule has 0 aliphatic carbocycles. The lowest BCUT2D eigenvalue weighted by atomic mass is 9.72. The van der Waals surface area contributed by atoms with Crippen LogP contribution in [0.1, 0.15) is 31.1 Å². The number of benzene rings is 3. The van der Waals surface area contributed by atoms with Crippen molar-refractivity contribution in [3.05, 3.63) is 53.1 Å². The Bertz CT molecular complexity index is 1650. The summed E-state index contributed by atoms with van der Waals surface area (Å²) in [5.41, 5.74) is -6.49. The van der Waals surface area contributed by atoms with Gasteiger partial charge in [-0.15, -0.1) is 0 Å². The summed E-state index contributed by atoms with van der Waals surface area (Å²) < 4.78 is 10.1. The van der Waals surface area contributed by atoms with E-state index in [0.717, 1.165) is 0 Å². The van der Waals surface area contributed by atoms with Gasteiger partial charge in [0, 0.05) is 11.1 Å². The van der Waals surface area contributed by atoms with Crippen molar-refractivity contribution in [3.63, 3.8) is 0 Å². The average Bonchev–Trinajstić information content (AvgIpc) is 2.99. The maximum atomic E-state index is 13.6. The minimum atomic E-state index is -4.03. The maximum Gasteiger partial charge on any atom is 0.338 e. The highest BCUT2D eigenvalue weighted by Gasteiger charge is 2.71. The highest BCUT2D eigenvalue weighted by atomic mass is 16.7. The molecule has 3 aromatic carbocycles. The molecule has 0 saturated carbocycles. The van der Waals surface area contributed by atoms with Crippen molar-refractivity contribution in [3.8, 4) is 51.7 Å². The van der Waals surface area contributed by atoms with Crippen molar-refractivity contribution < 1.29 is 90.2 Å². The van der Waals surface area contributed by atoms with E-state index in [0.29, 0.717) is 36.4 Å². The molecule has 0 amide bonds. The van der Waals surface area contributed by atoms with Gasteiger partial charge in [-0.1, -0.05) is 0 Å². The van der Waals surface area contributed by atoms with Gasteiger partial charge in [-0.2, -0.15) is 0 Å². The molecule has 18 nitrogen and oxygen atoms in total. The monoisotopic (exact) mass is 636 g/mol. The second-order valence-corrected chi connectivity index (χ2v) is 9.85. The number of esters is 1. The van der Waals surface area contributed by atoms with Gasteiger partial charge >= 0.3 is 5.97 Å². The molecule has 4 rings (SSSR count). The van der Waals surface area contributed by atoms with Gasteiger partial charge < -0.3 is 75.9 Å². The highest BCUT2D eigenvalue weighted by Crippen LogP contribution is 2.45. The Balaban J connectivity index is 1.79. The lowest BCUT2D eigenvalue weighted by Crippen LogP contribution is -2.78. The summed E-state index contributed by atoms with van der Waals surface area (Å²) in [6, 6.07) is 3.08. The molecule has 1 saturated heterocycles. The molecule has 5 atom stereocenters. The molecule has 0 unspecified atom stereocenters. The summed E-state index contributed by atoms with van der Waals surface area (Å²) in [7, 11) is 0. The van der Waals surface area contributed by atoms with Gasteiger partial charge in [0.2, 0.25) is 17.2 Å². The van der Waals surface area contributed by atoms with Crippen LogP contribution in [0, 0.1) is 0 Å². The third-order valence-corrected chi connectivity index (χ3v) is 6.97. The van der Waals surface area contributed by atoms with E-state index in [1.54, 1.807) is 0 Å². The fraction of sp³-hybridized carbons (Fsp3) is 0.222. The summed E-state index contributed by atoms with van der Waals surface area (Å²) in [5.74, 6) is -18.9. The third-order valence-electron chi connectivity index (χ3n) is 6.97. The van der Waals surface area contributed by atoms with Crippen LogP contribution in [-0.2, 0) is 9.47 Å². The number of hydrogen-bond acceptors (Lipinski definition) is 18. The standard InChI is InChI=1S/C27H24O18/c28-11-1-8(2-12(29)18(11)34)22(38)26(42)24(40)21(37)17(7-44-25(41)10-5-15(32)20(36)16(33)6-10)45-27(26,43)23(39)9-3-13(30)19(35)14(31)4-9/h1-6,17,21,24,28-37,40,42-43H,7H2/t17-,21-,24+,26-,27-/m1/s1. The fourth-order valence-corrected chi connectivity index (χ4v) is 4.53. The van der Waals surface area contributed by atoms with Crippen molar-refractivity contribution in [2.45, 2.75) is 29.7 Å². The van der Waals surface area contributed by atoms with Crippen LogP contribution in [0.4, 0.5) is 0 Å². The first-order chi connectivity index (χ1) is 20.8. The molecule has 0 bridgehead atoms. The van der Waals surface area contributed by atoms with Crippen LogP contribution in [0.15, 0.2) is 36.4 Å². The van der Waals surface area contributed by atoms with Crippen LogP contribution in [0.2, 0.25) is 0 Å². The van der Waals surface area contributed by atoms with Gasteiger partial charge in [0.05, 0.1) is 5.56 Å². The van der Waals surface area contributed by atoms with Gasteiger partial charge in [-0.05, 0) is 36.4 Å². The SMILES string of the molecule is O=C(OC[C@H]1O[C@](O)(C(=O)c2cc(O)c(O)c(O)c2)[C@@](O)(C(=O)c2cc(O)c(O)c(O)c2)[C@@H](O)[C@@H]1O)c1cc(O)c(O)c(O)c1. The Hall–Kier alpha value is -5.53. The van der Waals surface area contributed by atoms with E-state index in [4.69, 9.17) is 9.47 Å². The van der Waals surface area contributed by atoms with Crippen molar-refractivity contribution in [2.24, 2.45) is 0 Å². The second-order valence-electron chi connectivity index (χ2n) is 9.85. The van der Waals surface area contributed by atoms with Gasteiger partial charge in [-0.3, -0.25) is 9.59 Å². The molecule has 1 aliphatic heterocycles. The first kappa shape index (κ1) is 32.4. The summed E-state index contributed by atoms with van der Waals surface area (Å²) in [6.45, 7) is -1.19. The first-order valence-corrected chi connectivity index (χ1v) is 12.3. The fourth-order valence-electron chi connectivity index (χ4n) is 4.53. The van der Waals surface area contributed by atoms with Crippen LogP contribution in [0.25, 0.3) is 0 Å². The number of ether oxygens (including phenoxy) is 2. The van der Waals surface area contributed by atoms with Crippen LogP contribution in [0.5, 0.6) is 51.7 Å². The van der Waals surface area contributed by atoms with E-state index in [1.165, 1.54) is 0 Å². The molecule has 1 heterocycles. The highest BCUT2D eigenvalue weighted by molar-refractivity contribution is 6.12. The number of aliphatic hydroxyl groups excluding tert-OH is 2. The minimum Gasteiger partial charge on any atom is -0.504 e. The molecule has 3 aromatic rings. The number of phenolic OH excluding ortho intramolecular Hbond substituents is 9. The number of carbonyl (C=O) groups is 3. The number of Topliss-reactive ketones (excluding diaryl/α,β-unsaturated/α-hetero) is 2. The Morgan fingerprint density at radius 1 is 0.622 bits per heavy atom. The zero-order valence-corrected chi connectivity index (χ0v) is 22.3. The number of rotatable bonds is 7. The lowest BCUT2D eigenvalue weighted by molar-refractivity contribution is -0.345. The molecule has 0 aromatic heterocycles. The molecule has 18 heteroatoms. The molecular formula is C27H24O18. The summed E-state index contributed by atoms with van der Waals surface area (Å²) >= 11 is 0. The van der Waals surface area contributed by atoms with E-state index in [1.807, 2.05) is 0 Å². The molecule has 13 N–H and O–H groups in total. The number of carbonyl (C=O) groups excluding carboxylic acids is 3. The van der Waals surface area contributed by atoms with Gasteiger partial charge in [0.25, 0.3) is 5.79 Å². The number of ketones is 2. The molecule has 1 aliphatic rings. The van der Waals surface area contributed by atoms with E-state index in [9.17, 15) is 80.8 Å². The zero-order valence-electron chi connectivity index (χ0n) is 22.3. The quantitative estimate of drug-likeness (QED) is 0.0796. The molecule has 1 fully saturated rings. The van der Waals surface area contributed by atoms with Crippen molar-refractivity contribution in [1.29, 1.82) is 0 Å². The Labute approximate surface area is 249 Å². The van der Waals surface area contributed by atoms with E-state index in [-0.39, 0.29) is 0 Å². The number of phenols is 9. The summed E-state index contributed by atoms with van der Waals surface area (Å²) in [4.78, 5) is 39.7. The number of hydrogen-bond donors (Lipinski definition) is 13. The van der Waals surface area contributed by atoms with Crippen LogP contribution in [-0.4, -0.2) is 120 Å². The van der Waals surface area contributed by atoms with E-state index in [2.05, 4.69) is 0 Å². The van der Waals surface area contributed by atoms with Crippen molar-refractivity contribution in [2.75, 3.05) is 6.61 Å². The second kappa shape index (κ2) is 11.2. The van der Waals surface area contributed by atoms with Crippen LogP contribution in [0.3, 0.4) is 0 Å². The normalized spacial score (nSPS) is 24.6. The third kappa shape index (κ3) is 5.17. The number of aromatic hydroxyl groups is 9. The summed E-state index contributed by atoms with van der Waals surface area (Å²) in [5, 5.41) is 132. The Morgan fingerprint density at radius 2 is 0.978 bits per heavy atom. The maximum absolute atomic E-state index is 13.6. The molecule has 0 radical (unpaired) electrons. The molecular weight excluding hydrogens is 612 g/mol. The summed E-state index contributed by atoms with van der Waals surface area (Å²) in [6.07, 6.45) is -7.62. The van der Waals surface area contributed by atoms with Crippen LogP contribution >= 0.6 is 0 Å². The first-order valence-electron chi connectivity index (χ1n) is 12.3. The van der Waals surface area contributed by atoms with Gasteiger partial charge in [0.15, 0.2) is 51.7 Å². The van der Waals surface area contributed by atoms with Gasteiger partial charge in [0.1, 0.15) is 24.9 Å².